The number of benzene rings is 3. The zero-order valence-electron chi connectivity index (χ0n) is 16.2. The molecule has 0 radical (unpaired) electrons. The summed E-state index contributed by atoms with van der Waals surface area (Å²) in [6.07, 6.45) is 2.12. The number of nitrogens with zero attached hydrogens (tertiary/aromatic N) is 1. The van der Waals surface area contributed by atoms with Gasteiger partial charge in [0, 0.05) is 6.54 Å². The predicted octanol–water partition coefficient (Wildman–Crippen LogP) is 4.61. The van der Waals surface area contributed by atoms with E-state index >= 15 is 0 Å². The second-order valence-electron chi connectivity index (χ2n) is 7.27. The Morgan fingerprint density at radius 2 is 1.64 bits per heavy atom. The molecular weight excluding hydrogens is 346 g/mol. The highest BCUT2D eigenvalue weighted by atomic mass is 16.5. The smallest absolute Gasteiger partial charge is 0.227 e. The van der Waals surface area contributed by atoms with Crippen molar-refractivity contribution < 1.29 is 9.53 Å². The molecule has 0 spiro atoms. The fourth-order valence-electron chi connectivity index (χ4n) is 4.04. The van der Waals surface area contributed by atoms with Crippen molar-refractivity contribution in [3.05, 3.63) is 101 Å². The van der Waals surface area contributed by atoms with Crippen LogP contribution in [0.25, 0.3) is 0 Å². The standard InChI is InChI=1S/C25H25NO2/c1-28-22-12-13-23-21(18-22)14-15-26(24(23)16-19-8-4-2-5-9-19)25(27)17-20-10-6-3-7-11-20/h2-13,18,24H,14-17H2,1H3. The van der Waals surface area contributed by atoms with E-state index in [4.69, 9.17) is 4.74 Å². The molecule has 0 aromatic heterocycles. The van der Waals surface area contributed by atoms with Crippen LogP contribution in [0.2, 0.25) is 0 Å². The largest absolute Gasteiger partial charge is 0.497 e. The number of hydrogen-bond donors (Lipinski definition) is 0. The quantitative estimate of drug-likeness (QED) is 0.656. The van der Waals surface area contributed by atoms with Crippen molar-refractivity contribution in [3.63, 3.8) is 0 Å². The second kappa shape index (κ2) is 8.30. The number of carbonyl (C=O) groups excluding carboxylic acids is 1. The van der Waals surface area contributed by atoms with Gasteiger partial charge in [0.25, 0.3) is 0 Å². The third-order valence-electron chi connectivity index (χ3n) is 5.50. The van der Waals surface area contributed by atoms with E-state index in [-0.39, 0.29) is 11.9 Å². The second-order valence-corrected chi connectivity index (χ2v) is 7.27. The average Bonchev–Trinajstić information content (AvgIpc) is 2.75. The third-order valence-corrected chi connectivity index (χ3v) is 5.50. The van der Waals surface area contributed by atoms with Crippen molar-refractivity contribution in [1.29, 1.82) is 0 Å². The summed E-state index contributed by atoms with van der Waals surface area (Å²) in [6.45, 7) is 0.739. The molecule has 1 aliphatic heterocycles. The monoisotopic (exact) mass is 371 g/mol. The molecule has 3 nitrogen and oxygen atoms in total. The van der Waals surface area contributed by atoms with Crippen LogP contribution < -0.4 is 4.74 Å². The molecular formula is C25H25NO2. The lowest BCUT2D eigenvalue weighted by Gasteiger charge is -2.38. The van der Waals surface area contributed by atoms with Gasteiger partial charge in [0.2, 0.25) is 5.91 Å². The molecule has 3 heteroatoms. The summed E-state index contributed by atoms with van der Waals surface area (Å²) in [6, 6.07) is 26.7. The molecule has 28 heavy (non-hydrogen) atoms. The highest BCUT2D eigenvalue weighted by molar-refractivity contribution is 5.79. The number of amides is 1. The topological polar surface area (TPSA) is 29.5 Å². The molecule has 0 saturated carbocycles. The van der Waals surface area contributed by atoms with Crippen LogP contribution in [0.15, 0.2) is 78.9 Å². The van der Waals surface area contributed by atoms with E-state index in [2.05, 4.69) is 41.3 Å². The summed E-state index contributed by atoms with van der Waals surface area (Å²) in [5, 5.41) is 0. The van der Waals surface area contributed by atoms with E-state index in [0.29, 0.717) is 6.42 Å². The Morgan fingerprint density at radius 3 is 2.32 bits per heavy atom. The Bertz CT molecular complexity index is 937. The van der Waals surface area contributed by atoms with Gasteiger partial charge in [0.05, 0.1) is 19.6 Å². The van der Waals surface area contributed by atoms with Crippen LogP contribution >= 0.6 is 0 Å². The van der Waals surface area contributed by atoms with Gasteiger partial charge in [-0.1, -0.05) is 66.7 Å². The van der Waals surface area contributed by atoms with Crippen molar-refractivity contribution in [3.8, 4) is 5.75 Å². The maximum atomic E-state index is 13.2. The molecule has 142 valence electrons. The van der Waals surface area contributed by atoms with Crippen LogP contribution in [0.4, 0.5) is 0 Å². The van der Waals surface area contributed by atoms with Gasteiger partial charge in [-0.25, -0.2) is 0 Å². The summed E-state index contributed by atoms with van der Waals surface area (Å²) >= 11 is 0. The van der Waals surface area contributed by atoms with Gasteiger partial charge in [0.15, 0.2) is 0 Å². The molecule has 1 amide bonds. The van der Waals surface area contributed by atoms with Gasteiger partial charge in [-0.15, -0.1) is 0 Å². The Hall–Kier alpha value is -3.07. The van der Waals surface area contributed by atoms with Gasteiger partial charge in [0.1, 0.15) is 5.75 Å². The van der Waals surface area contributed by atoms with Crippen LogP contribution in [-0.4, -0.2) is 24.5 Å². The van der Waals surface area contributed by atoms with Gasteiger partial charge < -0.3 is 9.64 Å². The number of fused-ring (bicyclic) bond motifs is 1. The van der Waals surface area contributed by atoms with E-state index in [1.54, 1.807) is 7.11 Å². The number of ether oxygens (including phenoxy) is 1. The summed E-state index contributed by atoms with van der Waals surface area (Å²) in [5.41, 5.74) is 4.82. The summed E-state index contributed by atoms with van der Waals surface area (Å²) < 4.78 is 5.41. The van der Waals surface area contributed by atoms with Gasteiger partial charge in [-0.05, 0) is 47.2 Å². The molecule has 1 atom stereocenters. The number of carbonyl (C=O) groups is 1. The minimum Gasteiger partial charge on any atom is -0.497 e. The summed E-state index contributed by atoms with van der Waals surface area (Å²) in [7, 11) is 1.70. The molecule has 0 N–H and O–H groups in total. The minimum absolute atomic E-state index is 0.0493. The Balaban J connectivity index is 1.65. The van der Waals surface area contributed by atoms with E-state index in [1.165, 1.54) is 16.7 Å². The SMILES string of the molecule is COc1ccc2c(c1)CCN(C(=O)Cc1ccccc1)C2Cc1ccccc1. The molecule has 4 rings (SSSR count). The Labute approximate surface area is 166 Å². The first-order valence-electron chi connectivity index (χ1n) is 9.79. The van der Waals surface area contributed by atoms with Crippen molar-refractivity contribution in [2.75, 3.05) is 13.7 Å². The average molecular weight is 371 g/mol. The van der Waals surface area contributed by atoms with E-state index < -0.39 is 0 Å². The lowest BCUT2D eigenvalue weighted by Crippen LogP contribution is -2.41. The fraction of sp³-hybridized carbons (Fsp3) is 0.240. The zero-order valence-corrected chi connectivity index (χ0v) is 16.2. The molecule has 0 aliphatic carbocycles. The van der Waals surface area contributed by atoms with Crippen molar-refractivity contribution in [1.82, 2.24) is 4.90 Å². The molecule has 0 fully saturated rings. The van der Waals surface area contributed by atoms with E-state index in [0.717, 1.165) is 30.7 Å². The first-order valence-corrected chi connectivity index (χ1v) is 9.79. The van der Waals surface area contributed by atoms with Crippen LogP contribution in [0.5, 0.6) is 5.75 Å². The van der Waals surface area contributed by atoms with Gasteiger partial charge in [-0.3, -0.25) is 4.79 Å². The van der Waals surface area contributed by atoms with E-state index in [1.807, 2.05) is 42.5 Å². The molecule has 1 aliphatic rings. The predicted molar refractivity (Wildman–Crippen MR) is 111 cm³/mol. The number of methoxy groups -OCH3 is 1. The third kappa shape index (κ3) is 3.94. The number of hydrogen-bond acceptors (Lipinski definition) is 2. The maximum absolute atomic E-state index is 13.2. The van der Waals surface area contributed by atoms with E-state index in [9.17, 15) is 4.79 Å². The molecule has 1 unspecified atom stereocenters. The molecule has 0 bridgehead atoms. The first-order chi connectivity index (χ1) is 13.7. The molecule has 1 heterocycles. The van der Waals surface area contributed by atoms with Crippen LogP contribution in [-0.2, 0) is 24.1 Å². The maximum Gasteiger partial charge on any atom is 0.227 e. The lowest BCUT2D eigenvalue weighted by molar-refractivity contribution is -0.133. The Morgan fingerprint density at radius 1 is 0.964 bits per heavy atom. The van der Waals surface area contributed by atoms with Crippen LogP contribution in [0.3, 0.4) is 0 Å². The summed E-state index contributed by atoms with van der Waals surface area (Å²) in [5.74, 6) is 1.06. The normalized spacial score (nSPS) is 15.8. The van der Waals surface area contributed by atoms with Gasteiger partial charge >= 0.3 is 0 Å². The van der Waals surface area contributed by atoms with Crippen LogP contribution in [0.1, 0.15) is 28.3 Å². The van der Waals surface area contributed by atoms with Gasteiger partial charge in [-0.2, -0.15) is 0 Å². The number of rotatable bonds is 5. The Kier molecular flexibility index (Phi) is 5.43. The summed E-state index contributed by atoms with van der Waals surface area (Å²) in [4.78, 5) is 15.3. The highest BCUT2D eigenvalue weighted by Gasteiger charge is 2.31. The van der Waals surface area contributed by atoms with Crippen molar-refractivity contribution in [2.45, 2.75) is 25.3 Å². The molecule has 3 aromatic carbocycles. The van der Waals surface area contributed by atoms with Crippen LogP contribution in [0, 0.1) is 0 Å². The van der Waals surface area contributed by atoms with Crippen molar-refractivity contribution in [2.24, 2.45) is 0 Å². The first kappa shape index (κ1) is 18.3. The fourth-order valence-corrected chi connectivity index (χ4v) is 4.04. The minimum atomic E-state index is 0.0493. The molecule has 3 aromatic rings. The highest BCUT2D eigenvalue weighted by Crippen LogP contribution is 2.35. The lowest BCUT2D eigenvalue weighted by atomic mass is 9.88. The van der Waals surface area contributed by atoms with Crippen molar-refractivity contribution >= 4 is 5.91 Å². The molecule has 0 saturated heterocycles. The zero-order chi connectivity index (χ0) is 19.3.